The number of hydrogen-bond donors (Lipinski definition) is 2. The van der Waals surface area contributed by atoms with Crippen molar-refractivity contribution < 1.29 is 29.3 Å². The summed E-state index contributed by atoms with van der Waals surface area (Å²) < 4.78 is 5.09. The van der Waals surface area contributed by atoms with Crippen LogP contribution in [0.3, 0.4) is 0 Å². The number of ether oxygens (including phenoxy) is 1. The molecule has 7 nitrogen and oxygen atoms in total. The molecule has 1 saturated heterocycles. The minimum atomic E-state index is -1.22. The molecular weight excluding hydrogens is 290 g/mol. The molecule has 7 heteroatoms. The highest BCUT2D eigenvalue weighted by Crippen LogP contribution is 2.25. The van der Waals surface area contributed by atoms with Gasteiger partial charge in [0.25, 0.3) is 0 Å². The van der Waals surface area contributed by atoms with Gasteiger partial charge in [-0.05, 0) is 24.8 Å². The third-order valence-electron chi connectivity index (χ3n) is 3.61. The number of carbonyl (C=O) groups is 3. The van der Waals surface area contributed by atoms with Crippen molar-refractivity contribution in [2.75, 3.05) is 0 Å². The van der Waals surface area contributed by atoms with Gasteiger partial charge in [0.15, 0.2) is 0 Å². The molecule has 1 aromatic rings. The highest BCUT2D eigenvalue weighted by atomic mass is 16.6. The largest absolute Gasteiger partial charge is 0.480 e. The molecule has 0 aliphatic carbocycles. The first kappa shape index (κ1) is 15.8. The summed E-state index contributed by atoms with van der Waals surface area (Å²) in [7, 11) is 0. The number of amides is 1. The second-order valence-corrected chi connectivity index (χ2v) is 5.09. The van der Waals surface area contributed by atoms with Crippen LogP contribution in [0.4, 0.5) is 4.79 Å². The van der Waals surface area contributed by atoms with E-state index in [9.17, 15) is 24.6 Å². The summed E-state index contributed by atoms with van der Waals surface area (Å²) in [6.07, 6.45) is -0.0291. The van der Waals surface area contributed by atoms with E-state index in [-0.39, 0.29) is 19.4 Å². The molecule has 22 heavy (non-hydrogen) atoms. The number of rotatable bonds is 4. The number of likely N-dealkylation sites (tertiary alicyclic amines) is 1. The number of carboxylic acids is 2. The molecule has 0 spiro atoms. The smallest absolute Gasteiger partial charge is 0.411 e. The van der Waals surface area contributed by atoms with Crippen molar-refractivity contribution >= 4 is 18.0 Å². The average Bonchev–Trinajstić information content (AvgIpc) is 2.52. The molecule has 0 bridgehead atoms. The van der Waals surface area contributed by atoms with E-state index in [0.29, 0.717) is 6.42 Å². The molecule has 2 N–H and O–H groups in total. The van der Waals surface area contributed by atoms with Crippen molar-refractivity contribution in [2.45, 2.75) is 38.0 Å². The molecule has 2 atom stereocenters. The molecule has 1 aliphatic rings. The maximum Gasteiger partial charge on any atom is 0.411 e. The molecule has 0 saturated carbocycles. The number of carboxylic acid groups (broad SMARTS) is 2. The first-order valence-corrected chi connectivity index (χ1v) is 6.95. The average molecular weight is 307 g/mol. The Morgan fingerprint density at radius 1 is 1.05 bits per heavy atom. The monoisotopic (exact) mass is 307 g/mol. The second-order valence-electron chi connectivity index (χ2n) is 5.09. The Morgan fingerprint density at radius 2 is 1.59 bits per heavy atom. The molecule has 1 aromatic carbocycles. The Bertz CT molecular complexity index is 536. The van der Waals surface area contributed by atoms with E-state index < -0.39 is 30.1 Å². The number of nitrogens with zero attached hydrogens (tertiary/aromatic N) is 1. The third kappa shape index (κ3) is 3.55. The Balaban J connectivity index is 2.11. The molecule has 0 radical (unpaired) electrons. The van der Waals surface area contributed by atoms with Crippen molar-refractivity contribution in [1.29, 1.82) is 0 Å². The molecule has 0 aromatic heterocycles. The van der Waals surface area contributed by atoms with E-state index in [1.807, 2.05) is 6.07 Å². The van der Waals surface area contributed by atoms with Gasteiger partial charge in [-0.15, -0.1) is 0 Å². The quantitative estimate of drug-likeness (QED) is 0.877. The van der Waals surface area contributed by atoms with Gasteiger partial charge >= 0.3 is 18.0 Å². The van der Waals surface area contributed by atoms with Gasteiger partial charge in [0.2, 0.25) is 0 Å². The van der Waals surface area contributed by atoms with E-state index >= 15 is 0 Å². The highest BCUT2D eigenvalue weighted by molar-refractivity contribution is 5.85. The van der Waals surface area contributed by atoms with E-state index in [1.54, 1.807) is 24.3 Å². The normalized spacial score (nSPS) is 21.2. The van der Waals surface area contributed by atoms with Crippen LogP contribution >= 0.6 is 0 Å². The molecule has 0 unspecified atom stereocenters. The Kier molecular flexibility index (Phi) is 4.98. The zero-order valence-electron chi connectivity index (χ0n) is 11.8. The van der Waals surface area contributed by atoms with E-state index in [1.165, 1.54) is 0 Å². The lowest BCUT2D eigenvalue weighted by molar-refractivity contribution is -0.152. The SMILES string of the molecule is O=C(O)[C@H]1CCC[C@@H](C(=O)O)N1C(=O)OCc1ccccc1. The van der Waals surface area contributed by atoms with Gasteiger partial charge in [0.05, 0.1) is 0 Å². The van der Waals surface area contributed by atoms with Gasteiger partial charge in [-0.2, -0.15) is 0 Å². The van der Waals surface area contributed by atoms with Crippen LogP contribution in [0.1, 0.15) is 24.8 Å². The van der Waals surface area contributed by atoms with Gasteiger partial charge in [-0.3, -0.25) is 4.90 Å². The Morgan fingerprint density at radius 3 is 2.09 bits per heavy atom. The lowest BCUT2D eigenvalue weighted by Crippen LogP contribution is -2.56. The summed E-state index contributed by atoms with van der Waals surface area (Å²) in [4.78, 5) is 35.5. The molecular formula is C15H17NO6. The van der Waals surface area contributed by atoms with Gasteiger partial charge in [0, 0.05) is 0 Å². The van der Waals surface area contributed by atoms with Crippen LogP contribution in [-0.2, 0) is 20.9 Å². The van der Waals surface area contributed by atoms with Crippen molar-refractivity contribution in [2.24, 2.45) is 0 Å². The van der Waals surface area contributed by atoms with Crippen LogP contribution in [-0.4, -0.2) is 45.2 Å². The number of piperidine rings is 1. The van der Waals surface area contributed by atoms with Crippen molar-refractivity contribution in [1.82, 2.24) is 4.90 Å². The first-order chi connectivity index (χ1) is 10.5. The minimum Gasteiger partial charge on any atom is -0.480 e. The molecule has 118 valence electrons. The molecule has 1 heterocycles. The lowest BCUT2D eigenvalue weighted by Gasteiger charge is -2.36. The first-order valence-electron chi connectivity index (χ1n) is 6.95. The summed E-state index contributed by atoms with van der Waals surface area (Å²) in [5.74, 6) is -2.44. The number of benzene rings is 1. The summed E-state index contributed by atoms with van der Waals surface area (Å²) >= 11 is 0. The van der Waals surface area contributed by atoms with Crippen LogP contribution in [0.15, 0.2) is 30.3 Å². The van der Waals surface area contributed by atoms with Crippen molar-refractivity contribution in [3.8, 4) is 0 Å². The number of hydrogen-bond acceptors (Lipinski definition) is 4. The van der Waals surface area contributed by atoms with Gasteiger partial charge < -0.3 is 14.9 Å². The van der Waals surface area contributed by atoms with Crippen LogP contribution < -0.4 is 0 Å². The molecule has 1 fully saturated rings. The topological polar surface area (TPSA) is 104 Å². The van der Waals surface area contributed by atoms with E-state index in [0.717, 1.165) is 10.5 Å². The van der Waals surface area contributed by atoms with Crippen LogP contribution in [0.2, 0.25) is 0 Å². The third-order valence-corrected chi connectivity index (χ3v) is 3.61. The highest BCUT2D eigenvalue weighted by Gasteiger charge is 2.42. The van der Waals surface area contributed by atoms with E-state index in [2.05, 4.69) is 0 Å². The lowest BCUT2D eigenvalue weighted by atomic mass is 9.96. The zero-order valence-corrected chi connectivity index (χ0v) is 11.8. The van der Waals surface area contributed by atoms with Gasteiger partial charge in [-0.25, -0.2) is 14.4 Å². The summed E-state index contributed by atoms with van der Waals surface area (Å²) in [6.45, 7) is -0.0329. The van der Waals surface area contributed by atoms with Gasteiger partial charge in [0.1, 0.15) is 18.7 Å². The number of aliphatic carboxylic acids is 2. The number of carbonyl (C=O) groups excluding carboxylic acids is 1. The standard InChI is InChI=1S/C15H17NO6/c17-13(18)11-7-4-8-12(14(19)20)16(11)15(21)22-9-10-5-2-1-3-6-10/h1-3,5-6,11-12H,4,7-9H2,(H,17,18)(H,19,20)/t11-,12+. The zero-order chi connectivity index (χ0) is 16.1. The second kappa shape index (κ2) is 6.93. The molecule has 1 aliphatic heterocycles. The van der Waals surface area contributed by atoms with Crippen LogP contribution in [0.5, 0.6) is 0 Å². The van der Waals surface area contributed by atoms with Crippen molar-refractivity contribution in [3.05, 3.63) is 35.9 Å². The minimum absolute atomic E-state index is 0.0329. The summed E-state index contributed by atoms with van der Waals surface area (Å²) in [5, 5.41) is 18.4. The molecule has 2 rings (SSSR count). The maximum absolute atomic E-state index is 12.2. The van der Waals surface area contributed by atoms with E-state index in [4.69, 9.17) is 4.74 Å². The summed E-state index contributed by atoms with van der Waals surface area (Å²) in [5.41, 5.74) is 0.742. The Hall–Kier alpha value is -2.57. The predicted octanol–water partition coefficient (Wildman–Crippen LogP) is 1.72. The fourth-order valence-corrected chi connectivity index (χ4v) is 2.53. The predicted molar refractivity (Wildman–Crippen MR) is 75.2 cm³/mol. The van der Waals surface area contributed by atoms with Crippen LogP contribution in [0.25, 0.3) is 0 Å². The van der Waals surface area contributed by atoms with Crippen LogP contribution in [0, 0.1) is 0 Å². The maximum atomic E-state index is 12.2. The Labute approximate surface area is 127 Å². The van der Waals surface area contributed by atoms with Gasteiger partial charge in [-0.1, -0.05) is 30.3 Å². The fourth-order valence-electron chi connectivity index (χ4n) is 2.53. The molecule has 1 amide bonds. The fraction of sp³-hybridized carbons (Fsp3) is 0.400. The summed E-state index contributed by atoms with van der Waals surface area (Å²) in [6, 6.07) is 6.56. The van der Waals surface area contributed by atoms with Crippen molar-refractivity contribution in [3.63, 3.8) is 0 Å².